The van der Waals surface area contributed by atoms with E-state index in [1.165, 1.54) is 150 Å². The van der Waals surface area contributed by atoms with Gasteiger partial charge in [-0.25, -0.2) is 0 Å². The van der Waals surface area contributed by atoms with Crippen LogP contribution < -0.4 is 4.74 Å². The standard InChI is InChI=1S/C118H128O2/c1-12-22-98-77-109(99(23-13-2)76-108(98)65-54-88-35-32-87(33-36-88)34-53-97-63-74-118(120-11)75-64-97)66-55-89-37-39-90(40-38-89)56-67-110-78-101(25-15-4)111(79-100(110)24-14-3)68-57-91-41-43-92(44-42-91)58-69-112-80-103(27-17-6)113(81-102(112)26-16-5)70-59-93-45-47-94(48-46-93)60-71-114-82-105(29-19-8)115(83-104(114)28-18-7)72-61-95-49-51-96(52-50-95)62-73-116-84-107(31-21-10)117(86-119)85-106(116)30-20-9/h32-86H,12-31H2,1-11H3/b53-34+,65-54+,66-55+,67-56+,68-57+,69-58+,70-59+,71-60+,72-61+,73-62+. The van der Waals surface area contributed by atoms with Crippen molar-refractivity contribution in [3.8, 4) is 5.75 Å². The van der Waals surface area contributed by atoms with E-state index in [4.69, 9.17) is 4.74 Å². The third kappa shape index (κ3) is 26.1. The Labute approximate surface area is 721 Å². The average molecular weight is 1580 g/mol. The van der Waals surface area contributed by atoms with E-state index in [9.17, 15) is 4.79 Å². The average Bonchev–Trinajstić information content (AvgIpc) is 0.836. The molecule has 0 aliphatic carbocycles. The molecule has 0 N–H and O–H groups in total. The molecule has 11 aromatic rings. The molecule has 0 aromatic heterocycles. The van der Waals surface area contributed by atoms with E-state index in [-0.39, 0.29) is 0 Å². The molecule has 2 heteroatoms. The van der Waals surface area contributed by atoms with Gasteiger partial charge >= 0.3 is 0 Å². The minimum atomic E-state index is 0.831. The SMILES string of the molecule is CCCc1cc(/C=C/c2ccc(/C=C/c3cc(CCC)c(/C=C/c4ccc(/C=C/c5cc(CCC)c(/C=C/c6ccc(/C=C/c7cc(CCC)c(/C=C/c8ccc(/C=C/c9cc(CCC)c(/C=C/c%10ccc(/C=C/c%11ccc(OC)cc%11)cc%10)cc9CCC)cc8)cc7CCC)cc6)cc5CCC)cc4)cc3CCC)cc2)c(CCC)cc1C=O. The highest BCUT2D eigenvalue weighted by atomic mass is 16.5. The quantitative estimate of drug-likeness (QED) is 0.0282. The Hall–Kier alpha value is -11.7. The molecule has 11 rings (SSSR count). The molecule has 0 bridgehead atoms. The van der Waals surface area contributed by atoms with Crippen LogP contribution in [0.2, 0.25) is 0 Å². The number of carbonyl (C=O) groups is 1. The first-order valence-corrected chi connectivity index (χ1v) is 45.1. The highest BCUT2D eigenvalue weighted by molar-refractivity contribution is 5.85. The minimum Gasteiger partial charge on any atom is -0.497 e. The Balaban J connectivity index is 0.709. The summed E-state index contributed by atoms with van der Waals surface area (Å²) in [6.45, 7) is 22.6. The second kappa shape index (κ2) is 47.2. The maximum absolute atomic E-state index is 11.9. The summed E-state index contributed by atoms with van der Waals surface area (Å²) in [5.41, 5.74) is 39.1. The number of hydrogen-bond donors (Lipinski definition) is 0. The van der Waals surface area contributed by atoms with E-state index in [1.54, 1.807) is 7.11 Å². The molecule has 0 saturated heterocycles. The smallest absolute Gasteiger partial charge is 0.150 e. The zero-order valence-electron chi connectivity index (χ0n) is 73.7. The first kappa shape index (κ1) is 89.1. The van der Waals surface area contributed by atoms with Crippen LogP contribution in [0.1, 0.15) is 311 Å². The maximum atomic E-state index is 11.9. The summed E-state index contributed by atoms with van der Waals surface area (Å²) in [5, 5.41) is 0. The van der Waals surface area contributed by atoms with Crippen LogP contribution in [-0.2, 0) is 64.2 Å². The lowest BCUT2D eigenvalue weighted by atomic mass is 9.92. The van der Waals surface area contributed by atoms with Crippen LogP contribution in [-0.4, -0.2) is 13.4 Å². The number of hydrogen-bond acceptors (Lipinski definition) is 2. The van der Waals surface area contributed by atoms with Crippen LogP contribution in [0.15, 0.2) is 206 Å². The molecular formula is C118H128O2. The predicted molar refractivity (Wildman–Crippen MR) is 532 cm³/mol. The first-order chi connectivity index (χ1) is 58.8. The van der Waals surface area contributed by atoms with Crippen molar-refractivity contribution in [1.82, 2.24) is 0 Å². The number of carbonyl (C=O) groups excluding carboxylic acids is 1. The lowest BCUT2D eigenvalue weighted by Gasteiger charge is -2.13. The van der Waals surface area contributed by atoms with E-state index in [0.29, 0.717) is 0 Å². The second-order valence-corrected chi connectivity index (χ2v) is 32.3. The highest BCUT2D eigenvalue weighted by Gasteiger charge is 2.15. The Morgan fingerprint density at radius 1 is 0.175 bits per heavy atom. The molecule has 0 unspecified atom stereocenters. The third-order valence-corrected chi connectivity index (χ3v) is 22.7. The van der Waals surface area contributed by atoms with Gasteiger partial charge < -0.3 is 4.74 Å². The van der Waals surface area contributed by atoms with Gasteiger partial charge in [0.2, 0.25) is 0 Å². The summed E-state index contributed by atoms with van der Waals surface area (Å²) >= 11 is 0. The van der Waals surface area contributed by atoms with Crippen molar-refractivity contribution in [2.24, 2.45) is 0 Å². The fourth-order valence-corrected chi connectivity index (χ4v) is 16.2. The molecule has 612 valence electrons. The van der Waals surface area contributed by atoms with Crippen molar-refractivity contribution in [2.45, 2.75) is 198 Å². The molecule has 0 aliphatic rings. The van der Waals surface area contributed by atoms with Crippen molar-refractivity contribution < 1.29 is 9.53 Å². The minimum absolute atomic E-state index is 0.831. The van der Waals surface area contributed by atoms with Gasteiger partial charge in [0.1, 0.15) is 12.0 Å². The van der Waals surface area contributed by atoms with E-state index >= 15 is 0 Å². The summed E-state index contributed by atoms with van der Waals surface area (Å²) < 4.78 is 5.32. The molecule has 0 amide bonds. The van der Waals surface area contributed by atoms with E-state index in [0.717, 1.165) is 163 Å². The second-order valence-electron chi connectivity index (χ2n) is 32.3. The van der Waals surface area contributed by atoms with E-state index < -0.39 is 0 Å². The Morgan fingerprint density at radius 2 is 0.292 bits per heavy atom. The molecule has 11 aromatic carbocycles. The zero-order valence-corrected chi connectivity index (χ0v) is 73.7. The maximum Gasteiger partial charge on any atom is 0.150 e. The fourth-order valence-electron chi connectivity index (χ4n) is 16.2. The lowest BCUT2D eigenvalue weighted by molar-refractivity contribution is 0.112. The molecule has 0 radical (unpaired) electrons. The van der Waals surface area contributed by atoms with Crippen LogP contribution in [0.4, 0.5) is 0 Å². The third-order valence-electron chi connectivity index (χ3n) is 22.7. The Bertz CT molecular complexity index is 5430. The monoisotopic (exact) mass is 1580 g/mol. The molecule has 0 saturated carbocycles. The Kier molecular flexibility index (Phi) is 35.0. The molecule has 0 heterocycles. The molecule has 0 fully saturated rings. The molecule has 0 spiro atoms. The zero-order chi connectivity index (χ0) is 84.2. The number of methoxy groups -OCH3 is 1. The number of rotatable bonds is 42. The molecule has 2 nitrogen and oxygen atoms in total. The molecular weight excluding hydrogens is 1450 g/mol. The lowest BCUT2D eigenvalue weighted by Crippen LogP contribution is -1.98. The van der Waals surface area contributed by atoms with Crippen LogP contribution in [0.3, 0.4) is 0 Å². The van der Waals surface area contributed by atoms with Gasteiger partial charge in [-0.1, -0.05) is 443 Å². The van der Waals surface area contributed by atoms with Crippen LogP contribution in [0.25, 0.3) is 122 Å². The first-order valence-electron chi connectivity index (χ1n) is 45.1. The summed E-state index contributed by atoms with van der Waals surface area (Å²) in [6, 6.07) is 76.8. The van der Waals surface area contributed by atoms with Crippen LogP contribution in [0, 0.1) is 0 Å². The van der Waals surface area contributed by atoms with Gasteiger partial charge in [0, 0.05) is 5.56 Å². The van der Waals surface area contributed by atoms with Gasteiger partial charge in [0.15, 0.2) is 0 Å². The van der Waals surface area contributed by atoms with Crippen molar-refractivity contribution in [3.63, 3.8) is 0 Å². The molecule has 120 heavy (non-hydrogen) atoms. The topological polar surface area (TPSA) is 26.3 Å². The number of ether oxygens (including phenoxy) is 1. The van der Waals surface area contributed by atoms with E-state index in [1.807, 2.05) is 12.1 Å². The molecule has 0 atom stereocenters. The van der Waals surface area contributed by atoms with Crippen molar-refractivity contribution in [1.29, 1.82) is 0 Å². The Morgan fingerprint density at radius 3 is 0.417 bits per heavy atom. The largest absolute Gasteiger partial charge is 0.497 e. The fraction of sp³-hybridized carbons (Fsp3) is 0.263. The van der Waals surface area contributed by atoms with Crippen LogP contribution >= 0.6 is 0 Å². The number of aryl methyl sites for hydroxylation is 10. The van der Waals surface area contributed by atoms with Gasteiger partial charge in [0.05, 0.1) is 7.11 Å². The van der Waals surface area contributed by atoms with Crippen LogP contribution in [0.5, 0.6) is 5.75 Å². The highest BCUT2D eigenvalue weighted by Crippen LogP contribution is 2.32. The molecule has 0 aliphatic heterocycles. The van der Waals surface area contributed by atoms with Crippen molar-refractivity contribution in [2.75, 3.05) is 7.11 Å². The van der Waals surface area contributed by atoms with Gasteiger partial charge in [-0.3, -0.25) is 4.79 Å². The summed E-state index contributed by atoms with van der Waals surface area (Å²) in [5.74, 6) is 0.867. The predicted octanol–water partition coefficient (Wildman–Crippen LogP) is 32.7. The van der Waals surface area contributed by atoms with Gasteiger partial charge in [-0.05, 0) is 249 Å². The van der Waals surface area contributed by atoms with Gasteiger partial charge in [0.25, 0.3) is 0 Å². The number of aldehydes is 1. The summed E-state index contributed by atoms with van der Waals surface area (Å²) in [4.78, 5) is 11.9. The normalized spacial score (nSPS) is 12.2. The number of benzene rings is 11. The van der Waals surface area contributed by atoms with Crippen molar-refractivity contribution >= 4 is 128 Å². The summed E-state index contributed by atoms with van der Waals surface area (Å²) in [7, 11) is 1.70. The summed E-state index contributed by atoms with van der Waals surface area (Å²) in [6.07, 6.45) is 67.5. The van der Waals surface area contributed by atoms with Gasteiger partial charge in [-0.15, -0.1) is 0 Å². The van der Waals surface area contributed by atoms with Crippen molar-refractivity contribution in [3.05, 3.63) is 379 Å². The van der Waals surface area contributed by atoms with E-state index in [2.05, 4.69) is 385 Å². The van der Waals surface area contributed by atoms with Gasteiger partial charge in [-0.2, -0.15) is 0 Å².